The summed E-state index contributed by atoms with van der Waals surface area (Å²) >= 11 is 0. The maximum Gasteiger partial charge on any atom is 0.251 e. The van der Waals surface area contributed by atoms with Gasteiger partial charge in [0.05, 0.1) is 6.54 Å². The van der Waals surface area contributed by atoms with Crippen molar-refractivity contribution < 1.29 is 14.0 Å². The fraction of sp³-hybridized carbons (Fsp3) is 0.300. The second kappa shape index (κ2) is 8.58. The lowest BCUT2D eigenvalue weighted by atomic mass is 10.2. The normalized spacial score (nSPS) is 14.9. The molecule has 1 fully saturated rings. The van der Waals surface area contributed by atoms with E-state index in [2.05, 4.69) is 22.3 Å². The smallest absolute Gasteiger partial charge is 0.251 e. The Morgan fingerprint density at radius 3 is 2.23 bits per heavy atom. The van der Waals surface area contributed by atoms with Crippen molar-refractivity contribution in [1.82, 2.24) is 15.1 Å². The number of hydrogen-bond acceptors (Lipinski definition) is 3. The van der Waals surface area contributed by atoms with Gasteiger partial charge in [-0.3, -0.25) is 14.5 Å². The molecule has 0 aromatic heterocycles. The number of carbonyl (C=O) groups excluding carboxylic acids is 2. The summed E-state index contributed by atoms with van der Waals surface area (Å²) in [5, 5.41) is 2.60. The van der Waals surface area contributed by atoms with Crippen LogP contribution in [0.5, 0.6) is 0 Å². The molecule has 2 aromatic rings. The molecular formula is C20H22FN3O2. The summed E-state index contributed by atoms with van der Waals surface area (Å²) in [4.78, 5) is 28.4. The van der Waals surface area contributed by atoms with Gasteiger partial charge in [0.15, 0.2) is 0 Å². The Kier molecular flexibility index (Phi) is 5.96. The van der Waals surface area contributed by atoms with Gasteiger partial charge in [0, 0.05) is 38.3 Å². The zero-order valence-corrected chi connectivity index (χ0v) is 14.5. The van der Waals surface area contributed by atoms with Crippen LogP contribution >= 0.6 is 0 Å². The summed E-state index contributed by atoms with van der Waals surface area (Å²) in [7, 11) is 0. The van der Waals surface area contributed by atoms with E-state index >= 15 is 0 Å². The van der Waals surface area contributed by atoms with Crippen LogP contribution in [-0.2, 0) is 11.3 Å². The van der Waals surface area contributed by atoms with Gasteiger partial charge >= 0.3 is 0 Å². The number of amides is 2. The van der Waals surface area contributed by atoms with Gasteiger partial charge in [-0.25, -0.2) is 4.39 Å². The van der Waals surface area contributed by atoms with E-state index in [9.17, 15) is 14.0 Å². The van der Waals surface area contributed by atoms with E-state index in [4.69, 9.17) is 0 Å². The minimum absolute atomic E-state index is 0.0467. The number of benzene rings is 2. The molecule has 2 amide bonds. The highest BCUT2D eigenvalue weighted by molar-refractivity contribution is 5.96. The average molecular weight is 355 g/mol. The van der Waals surface area contributed by atoms with Crippen LogP contribution in [0.4, 0.5) is 4.39 Å². The Morgan fingerprint density at radius 2 is 1.58 bits per heavy atom. The molecule has 5 nitrogen and oxygen atoms in total. The maximum absolute atomic E-state index is 12.9. The first kappa shape index (κ1) is 18.1. The van der Waals surface area contributed by atoms with Crippen molar-refractivity contribution in [3.63, 3.8) is 0 Å². The molecular weight excluding hydrogens is 333 g/mol. The summed E-state index contributed by atoms with van der Waals surface area (Å²) in [6.45, 7) is 3.76. The molecule has 136 valence electrons. The topological polar surface area (TPSA) is 52.7 Å². The van der Waals surface area contributed by atoms with Gasteiger partial charge in [-0.05, 0) is 29.8 Å². The molecule has 0 bridgehead atoms. The zero-order chi connectivity index (χ0) is 18.4. The van der Waals surface area contributed by atoms with E-state index in [1.807, 2.05) is 18.2 Å². The molecule has 0 radical (unpaired) electrons. The second-order valence-electron chi connectivity index (χ2n) is 6.33. The first-order valence-electron chi connectivity index (χ1n) is 8.69. The monoisotopic (exact) mass is 355 g/mol. The zero-order valence-electron chi connectivity index (χ0n) is 14.5. The lowest BCUT2D eigenvalue weighted by molar-refractivity contribution is -0.131. The van der Waals surface area contributed by atoms with E-state index in [0.29, 0.717) is 18.7 Å². The molecule has 6 heteroatoms. The highest BCUT2D eigenvalue weighted by Gasteiger charge is 2.21. The number of rotatable bonds is 5. The molecule has 1 aliphatic rings. The van der Waals surface area contributed by atoms with Crippen LogP contribution in [0.2, 0.25) is 0 Å². The fourth-order valence-corrected chi connectivity index (χ4v) is 2.97. The molecule has 0 spiro atoms. The van der Waals surface area contributed by atoms with E-state index in [1.54, 1.807) is 4.90 Å². The van der Waals surface area contributed by atoms with Crippen LogP contribution in [0.1, 0.15) is 15.9 Å². The second-order valence-corrected chi connectivity index (χ2v) is 6.33. The van der Waals surface area contributed by atoms with Gasteiger partial charge < -0.3 is 10.2 Å². The van der Waals surface area contributed by atoms with Crippen molar-refractivity contribution in [3.8, 4) is 0 Å². The predicted octanol–water partition coefficient (Wildman–Crippen LogP) is 1.90. The van der Waals surface area contributed by atoms with Crippen molar-refractivity contribution in [1.29, 1.82) is 0 Å². The third-order valence-corrected chi connectivity index (χ3v) is 4.48. The van der Waals surface area contributed by atoms with Gasteiger partial charge in [0.2, 0.25) is 5.91 Å². The van der Waals surface area contributed by atoms with Crippen LogP contribution in [0.15, 0.2) is 54.6 Å². The van der Waals surface area contributed by atoms with E-state index < -0.39 is 5.82 Å². The van der Waals surface area contributed by atoms with Crippen LogP contribution in [-0.4, -0.2) is 54.3 Å². The third-order valence-electron chi connectivity index (χ3n) is 4.48. The standard InChI is InChI=1S/C20H22FN3O2/c21-18-8-6-17(7-9-18)20(26)22-14-19(25)24-12-10-23(11-13-24)15-16-4-2-1-3-5-16/h1-9H,10-15H2,(H,22,26). The Hall–Kier alpha value is -2.73. The summed E-state index contributed by atoms with van der Waals surface area (Å²) in [6.07, 6.45) is 0. The van der Waals surface area contributed by atoms with Crippen molar-refractivity contribution in [2.75, 3.05) is 32.7 Å². The van der Waals surface area contributed by atoms with Gasteiger partial charge in [-0.2, -0.15) is 0 Å². The number of nitrogens with zero attached hydrogens (tertiary/aromatic N) is 2. The number of nitrogens with one attached hydrogen (secondary N) is 1. The molecule has 1 N–H and O–H groups in total. The van der Waals surface area contributed by atoms with Gasteiger partial charge in [-0.15, -0.1) is 0 Å². The number of carbonyl (C=O) groups is 2. The van der Waals surface area contributed by atoms with Gasteiger partial charge in [0.25, 0.3) is 5.91 Å². The summed E-state index contributed by atoms with van der Waals surface area (Å²) in [5.41, 5.74) is 1.60. The maximum atomic E-state index is 12.9. The van der Waals surface area contributed by atoms with E-state index in [1.165, 1.54) is 29.8 Å². The van der Waals surface area contributed by atoms with Gasteiger partial charge in [-0.1, -0.05) is 30.3 Å². The quantitative estimate of drug-likeness (QED) is 0.891. The Morgan fingerprint density at radius 1 is 0.923 bits per heavy atom. The SMILES string of the molecule is O=C(NCC(=O)N1CCN(Cc2ccccc2)CC1)c1ccc(F)cc1. The van der Waals surface area contributed by atoms with Crippen molar-refractivity contribution in [2.45, 2.75) is 6.54 Å². The fourth-order valence-electron chi connectivity index (χ4n) is 2.97. The molecule has 26 heavy (non-hydrogen) atoms. The van der Waals surface area contributed by atoms with Crippen LogP contribution < -0.4 is 5.32 Å². The lowest BCUT2D eigenvalue weighted by Gasteiger charge is -2.34. The molecule has 2 aromatic carbocycles. The Balaban J connectivity index is 1.42. The number of halogens is 1. The number of hydrogen-bond donors (Lipinski definition) is 1. The molecule has 0 saturated carbocycles. The highest BCUT2D eigenvalue weighted by atomic mass is 19.1. The molecule has 1 aliphatic heterocycles. The summed E-state index contributed by atoms with van der Waals surface area (Å²) in [5.74, 6) is -0.869. The van der Waals surface area contributed by atoms with Crippen LogP contribution in [0, 0.1) is 5.82 Å². The Bertz CT molecular complexity index is 741. The first-order valence-corrected chi connectivity index (χ1v) is 8.69. The minimum atomic E-state index is -0.397. The predicted molar refractivity (Wildman–Crippen MR) is 97.0 cm³/mol. The largest absolute Gasteiger partial charge is 0.343 e. The first-order chi connectivity index (χ1) is 12.6. The van der Waals surface area contributed by atoms with Crippen LogP contribution in [0.25, 0.3) is 0 Å². The molecule has 0 unspecified atom stereocenters. The summed E-state index contributed by atoms with van der Waals surface area (Å²) in [6, 6.07) is 15.5. The molecule has 1 saturated heterocycles. The third kappa shape index (κ3) is 4.89. The number of piperazine rings is 1. The van der Waals surface area contributed by atoms with Crippen molar-refractivity contribution >= 4 is 11.8 Å². The summed E-state index contributed by atoms with van der Waals surface area (Å²) < 4.78 is 12.9. The van der Waals surface area contributed by atoms with E-state index in [-0.39, 0.29) is 18.4 Å². The average Bonchev–Trinajstić information content (AvgIpc) is 2.68. The van der Waals surface area contributed by atoms with Gasteiger partial charge in [0.1, 0.15) is 5.82 Å². The molecule has 3 rings (SSSR count). The van der Waals surface area contributed by atoms with Crippen molar-refractivity contribution in [2.24, 2.45) is 0 Å². The lowest BCUT2D eigenvalue weighted by Crippen LogP contribution is -2.50. The van der Waals surface area contributed by atoms with E-state index in [0.717, 1.165) is 19.6 Å². The van der Waals surface area contributed by atoms with Crippen molar-refractivity contribution in [3.05, 3.63) is 71.5 Å². The minimum Gasteiger partial charge on any atom is -0.343 e. The molecule has 1 heterocycles. The molecule has 0 atom stereocenters. The molecule has 0 aliphatic carbocycles. The Labute approximate surface area is 152 Å². The van der Waals surface area contributed by atoms with Crippen LogP contribution in [0.3, 0.4) is 0 Å². The highest BCUT2D eigenvalue weighted by Crippen LogP contribution is 2.08.